The molecule has 0 bridgehead atoms. The van der Waals surface area contributed by atoms with Gasteiger partial charge in [0.25, 0.3) is 0 Å². The third kappa shape index (κ3) is 3.45. The third-order valence-corrected chi connectivity index (χ3v) is 1.99. The first-order valence-corrected chi connectivity index (χ1v) is 5.00. The number of esters is 1. The van der Waals surface area contributed by atoms with Crippen molar-refractivity contribution in [1.29, 1.82) is 5.26 Å². The van der Waals surface area contributed by atoms with E-state index >= 15 is 0 Å². The smallest absolute Gasteiger partial charge is 0.434 e. The van der Waals surface area contributed by atoms with Gasteiger partial charge in [-0.15, -0.1) is 0 Å². The molecular weight excluding hydrogens is 249 g/mol. The molecule has 0 aliphatic heterocycles. The van der Waals surface area contributed by atoms with Gasteiger partial charge in [-0.1, -0.05) is 0 Å². The molecule has 0 saturated heterocycles. The number of ether oxygens (including phenoxy) is 1. The number of hydrogen-bond donors (Lipinski definition) is 0. The molecule has 0 N–H and O–H groups in total. The zero-order valence-electron chi connectivity index (χ0n) is 9.41. The highest BCUT2D eigenvalue weighted by atomic mass is 19.4. The average molecular weight is 258 g/mol. The van der Waals surface area contributed by atoms with Gasteiger partial charge in [0.1, 0.15) is 6.07 Å². The minimum absolute atomic E-state index is 0.179. The summed E-state index contributed by atoms with van der Waals surface area (Å²) >= 11 is 0. The van der Waals surface area contributed by atoms with Crippen LogP contribution in [-0.2, 0) is 22.1 Å². The molecule has 0 saturated carbocycles. The van der Waals surface area contributed by atoms with Crippen LogP contribution in [0, 0.1) is 11.3 Å². The van der Waals surface area contributed by atoms with Gasteiger partial charge in [-0.2, -0.15) is 18.4 Å². The summed E-state index contributed by atoms with van der Waals surface area (Å²) in [6, 6.07) is 2.41. The second kappa shape index (κ2) is 5.49. The van der Waals surface area contributed by atoms with Gasteiger partial charge in [0.15, 0.2) is 5.69 Å². The van der Waals surface area contributed by atoms with E-state index in [1.54, 1.807) is 6.92 Å². The molecule has 0 atom stereocenters. The molecule has 1 aromatic rings. The fraction of sp³-hybridized carbons (Fsp3) is 0.364. The van der Waals surface area contributed by atoms with E-state index in [1.165, 1.54) is 6.07 Å². The fourth-order valence-corrected chi connectivity index (χ4v) is 1.29. The van der Waals surface area contributed by atoms with Gasteiger partial charge >= 0.3 is 12.1 Å². The van der Waals surface area contributed by atoms with Gasteiger partial charge in [-0.05, 0) is 18.6 Å². The van der Waals surface area contributed by atoms with Crippen LogP contribution in [0.3, 0.4) is 0 Å². The Morgan fingerprint density at radius 2 is 2.22 bits per heavy atom. The predicted octanol–water partition coefficient (Wildman–Crippen LogP) is 2.08. The molecule has 0 aromatic carbocycles. The number of halogens is 3. The van der Waals surface area contributed by atoms with Crippen molar-refractivity contribution in [1.82, 2.24) is 4.98 Å². The van der Waals surface area contributed by atoms with Crippen molar-refractivity contribution in [2.24, 2.45) is 0 Å². The van der Waals surface area contributed by atoms with Crippen molar-refractivity contribution in [3.05, 3.63) is 29.1 Å². The molecule has 0 aliphatic rings. The number of hydrogen-bond acceptors (Lipinski definition) is 4. The van der Waals surface area contributed by atoms with Crippen LogP contribution in [-0.4, -0.2) is 17.6 Å². The Balaban J connectivity index is 3.00. The standard InChI is InChI=1S/C11H9F3N2O2/c1-2-18-9(17)4-7-3-8(5-15)10(16-6-7)11(12,13)14/h3,6H,2,4H2,1H3. The van der Waals surface area contributed by atoms with E-state index in [2.05, 4.69) is 9.72 Å². The van der Waals surface area contributed by atoms with Crippen molar-refractivity contribution in [2.45, 2.75) is 19.5 Å². The summed E-state index contributed by atoms with van der Waals surface area (Å²) in [5, 5.41) is 8.64. The van der Waals surface area contributed by atoms with E-state index in [9.17, 15) is 18.0 Å². The average Bonchev–Trinajstić information content (AvgIpc) is 2.27. The number of carbonyl (C=O) groups excluding carboxylic acids is 1. The Kier molecular flexibility index (Phi) is 4.26. The summed E-state index contributed by atoms with van der Waals surface area (Å²) in [5.41, 5.74) is -1.65. The molecule has 96 valence electrons. The number of pyridine rings is 1. The summed E-state index contributed by atoms with van der Waals surface area (Å²) in [4.78, 5) is 14.3. The van der Waals surface area contributed by atoms with Crippen LogP contribution in [0.25, 0.3) is 0 Å². The lowest BCUT2D eigenvalue weighted by molar-refractivity contribution is -0.142. The second-order valence-electron chi connectivity index (χ2n) is 3.33. The van der Waals surface area contributed by atoms with Crippen molar-refractivity contribution in [3.63, 3.8) is 0 Å². The van der Waals surface area contributed by atoms with E-state index < -0.39 is 23.4 Å². The summed E-state index contributed by atoms with van der Waals surface area (Å²) in [6.45, 7) is 1.79. The maximum Gasteiger partial charge on any atom is 0.434 e. The van der Waals surface area contributed by atoms with Gasteiger partial charge in [-0.3, -0.25) is 9.78 Å². The molecule has 0 unspecified atom stereocenters. The van der Waals surface area contributed by atoms with Gasteiger partial charge < -0.3 is 4.74 Å². The van der Waals surface area contributed by atoms with Crippen molar-refractivity contribution < 1.29 is 22.7 Å². The van der Waals surface area contributed by atoms with Crippen LogP contribution in [0.5, 0.6) is 0 Å². The van der Waals surface area contributed by atoms with Crippen LogP contribution in [0.2, 0.25) is 0 Å². The number of nitriles is 1. The minimum Gasteiger partial charge on any atom is -0.466 e. The van der Waals surface area contributed by atoms with Gasteiger partial charge in [0.2, 0.25) is 0 Å². The topological polar surface area (TPSA) is 63.0 Å². The van der Waals surface area contributed by atoms with Gasteiger partial charge in [-0.25, -0.2) is 0 Å². The molecule has 0 aliphatic carbocycles. The highest BCUT2D eigenvalue weighted by Crippen LogP contribution is 2.30. The van der Waals surface area contributed by atoms with Gasteiger partial charge in [0, 0.05) is 6.20 Å². The van der Waals surface area contributed by atoms with E-state index in [1.807, 2.05) is 0 Å². The summed E-state index contributed by atoms with van der Waals surface area (Å²) in [6.07, 6.45) is -3.98. The molecule has 1 heterocycles. The Bertz CT molecular complexity index is 492. The van der Waals surface area contributed by atoms with Crippen LogP contribution in [0.4, 0.5) is 13.2 Å². The van der Waals surface area contributed by atoms with Crippen molar-refractivity contribution in [2.75, 3.05) is 6.61 Å². The number of alkyl halides is 3. The Labute approximate surface area is 101 Å². The maximum atomic E-state index is 12.4. The summed E-state index contributed by atoms with van der Waals surface area (Å²) < 4.78 is 42.0. The van der Waals surface area contributed by atoms with E-state index in [0.29, 0.717) is 0 Å². The lowest BCUT2D eigenvalue weighted by atomic mass is 10.1. The number of nitrogens with zero attached hydrogens (tertiary/aromatic N) is 2. The molecule has 1 aromatic heterocycles. The molecular formula is C11H9F3N2O2. The molecule has 0 radical (unpaired) electrons. The minimum atomic E-state index is -4.69. The fourth-order valence-electron chi connectivity index (χ4n) is 1.29. The maximum absolute atomic E-state index is 12.4. The monoisotopic (exact) mass is 258 g/mol. The van der Waals surface area contributed by atoms with Crippen LogP contribution >= 0.6 is 0 Å². The van der Waals surface area contributed by atoms with E-state index in [0.717, 1.165) is 12.3 Å². The molecule has 18 heavy (non-hydrogen) atoms. The SMILES string of the molecule is CCOC(=O)Cc1cnc(C(F)(F)F)c(C#N)c1. The molecule has 7 heteroatoms. The summed E-state index contributed by atoms with van der Waals surface area (Å²) in [7, 11) is 0. The highest BCUT2D eigenvalue weighted by molar-refractivity contribution is 5.72. The molecule has 0 spiro atoms. The van der Waals surface area contributed by atoms with E-state index in [4.69, 9.17) is 5.26 Å². The first-order chi connectivity index (χ1) is 8.38. The lowest BCUT2D eigenvalue weighted by Crippen LogP contribution is -2.13. The molecule has 1 rings (SSSR count). The first-order valence-electron chi connectivity index (χ1n) is 5.00. The Morgan fingerprint density at radius 3 is 2.72 bits per heavy atom. The third-order valence-electron chi connectivity index (χ3n) is 1.99. The Hall–Kier alpha value is -2.10. The number of rotatable bonds is 3. The highest BCUT2D eigenvalue weighted by Gasteiger charge is 2.35. The molecule has 0 amide bonds. The van der Waals surface area contributed by atoms with Crippen LogP contribution < -0.4 is 0 Å². The largest absolute Gasteiger partial charge is 0.466 e. The zero-order valence-corrected chi connectivity index (χ0v) is 9.41. The predicted molar refractivity (Wildman–Crippen MR) is 54.3 cm³/mol. The Morgan fingerprint density at radius 1 is 1.56 bits per heavy atom. The second-order valence-corrected chi connectivity index (χ2v) is 3.33. The normalized spacial score (nSPS) is 10.8. The lowest BCUT2D eigenvalue weighted by Gasteiger charge is -2.08. The van der Waals surface area contributed by atoms with Crippen LogP contribution in [0.1, 0.15) is 23.7 Å². The first kappa shape index (κ1) is 14.0. The zero-order chi connectivity index (χ0) is 13.8. The van der Waals surface area contributed by atoms with Crippen molar-refractivity contribution >= 4 is 5.97 Å². The van der Waals surface area contributed by atoms with Crippen LogP contribution in [0.15, 0.2) is 12.3 Å². The quantitative estimate of drug-likeness (QED) is 0.778. The number of aromatic nitrogens is 1. The van der Waals surface area contributed by atoms with E-state index in [-0.39, 0.29) is 18.6 Å². The van der Waals surface area contributed by atoms with Crippen molar-refractivity contribution in [3.8, 4) is 6.07 Å². The number of carbonyl (C=O) groups is 1. The molecule has 4 nitrogen and oxygen atoms in total. The molecule has 0 fully saturated rings. The van der Waals surface area contributed by atoms with Gasteiger partial charge in [0.05, 0.1) is 18.6 Å². The summed E-state index contributed by atoms with van der Waals surface area (Å²) in [5.74, 6) is -0.581.